The second-order valence-electron chi connectivity index (χ2n) is 13.1. The topological polar surface area (TPSA) is 40.5 Å². The van der Waals surface area contributed by atoms with Crippen molar-refractivity contribution in [3.8, 4) is 0 Å². The summed E-state index contributed by atoms with van der Waals surface area (Å²) < 4.78 is 0. The van der Waals surface area contributed by atoms with Gasteiger partial charge in [0.2, 0.25) is 5.91 Å². The highest BCUT2D eigenvalue weighted by atomic mass is 16.3. The molecule has 1 N–H and O–H groups in total. The monoisotopic (exact) mass is 449 g/mol. The average molecular weight is 450 g/mol. The lowest BCUT2D eigenvalue weighted by molar-refractivity contribution is -0.129. The number of hydrogen-bond acceptors (Lipinski definition) is 2. The largest absolute Gasteiger partial charge is 0.390 e. The molecule has 1 saturated heterocycles. The van der Waals surface area contributed by atoms with Crippen LogP contribution in [-0.4, -0.2) is 34.6 Å². The number of nitrogens with zero attached hydrogens (tertiary/aromatic N) is 1. The fourth-order valence-corrected chi connectivity index (χ4v) is 9.65. The standard InChI is InChI=1S/C30H43NO2/c1-29(33)14-12-24-21(17-29)8-10-26-25(24)13-15-30(2)23(9-11-27(26)30)19-31-18-22(16-28(31)32)20-6-4-3-5-7-20/h3-7,21-27,33H,8-19H2,1-2H3/t21-,22-,23-,24+,25-,26-,27+,29-,30-/m1/s1. The maximum Gasteiger partial charge on any atom is 0.223 e. The van der Waals surface area contributed by atoms with Gasteiger partial charge in [-0.2, -0.15) is 0 Å². The molecule has 1 aliphatic heterocycles. The molecule has 0 bridgehead atoms. The van der Waals surface area contributed by atoms with Gasteiger partial charge in [-0.3, -0.25) is 4.79 Å². The Balaban J connectivity index is 1.14. The molecule has 0 unspecified atom stereocenters. The lowest BCUT2D eigenvalue weighted by atomic mass is 9.49. The number of fused-ring (bicyclic) bond motifs is 5. The van der Waals surface area contributed by atoms with E-state index in [4.69, 9.17) is 0 Å². The summed E-state index contributed by atoms with van der Waals surface area (Å²) in [7, 11) is 0. The summed E-state index contributed by atoms with van der Waals surface area (Å²) in [6.07, 6.45) is 12.1. The van der Waals surface area contributed by atoms with Crippen LogP contribution in [-0.2, 0) is 4.79 Å². The van der Waals surface area contributed by atoms with Crippen molar-refractivity contribution in [1.29, 1.82) is 0 Å². The van der Waals surface area contributed by atoms with E-state index in [-0.39, 0.29) is 0 Å². The Morgan fingerprint density at radius 3 is 2.55 bits per heavy atom. The molecule has 180 valence electrons. The Bertz CT molecular complexity index is 881. The number of carbonyl (C=O) groups excluding carboxylic acids is 1. The van der Waals surface area contributed by atoms with Crippen molar-refractivity contribution in [3.05, 3.63) is 35.9 Å². The molecule has 4 aliphatic carbocycles. The Morgan fingerprint density at radius 2 is 1.73 bits per heavy atom. The van der Waals surface area contributed by atoms with Gasteiger partial charge >= 0.3 is 0 Å². The normalized spacial score (nSPS) is 47.2. The van der Waals surface area contributed by atoms with E-state index in [0.29, 0.717) is 29.6 Å². The van der Waals surface area contributed by atoms with E-state index in [1.165, 1.54) is 50.5 Å². The smallest absolute Gasteiger partial charge is 0.223 e. The Hall–Kier alpha value is -1.35. The molecule has 5 aliphatic rings. The first kappa shape index (κ1) is 22.1. The highest BCUT2D eigenvalue weighted by Gasteiger charge is 2.57. The molecular weight excluding hydrogens is 406 g/mol. The summed E-state index contributed by atoms with van der Waals surface area (Å²) in [4.78, 5) is 15.2. The van der Waals surface area contributed by atoms with Crippen molar-refractivity contribution in [1.82, 2.24) is 4.90 Å². The van der Waals surface area contributed by atoms with Crippen LogP contribution in [0.15, 0.2) is 30.3 Å². The van der Waals surface area contributed by atoms with Gasteiger partial charge < -0.3 is 10.0 Å². The third kappa shape index (κ3) is 3.77. The lowest BCUT2D eigenvalue weighted by Gasteiger charge is -2.57. The second kappa shape index (κ2) is 8.11. The van der Waals surface area contributed by atoms with Crippen molar-refractivity contribution < 1.29 is 9.90 Å². The van der Waals surface area contributed by atoms with Crippen LogP contribution < -0.4 is 0 Å². The second-order valence-corrected chi connectivity index (χ2v) is 13.1. The molecule has 0 spiro atoms. The molecule has 6 rings (SSSR count). The molecule has 1 amide bonds. The quantitative estimate of drug-likeness (QED) is 0.613. The highest BCUT2D eigenvalue weighted by molar-refractivity contribution is 5.79. The maximum atomic E-state index is 13.0. The Kier molecular flexibility index (Phi) is 5.44. The molecule has 33 heavy (non-hydrogen) atoms. The van der Waals surface area contributed by atoms with Crippen LogP contribution in [0.2, 0.25) is 0 Å². The van der Waals surface area contributed by atoms with Crippen LogP contribution in [0.3, 0.4) is 0 Å². The molecule has 9 atom stereocenters. The summed E-state index contributed by atoms with van der Waals surface area (Å²) >= 11 is 0. The number of likely N-dealkylation sites (tertiary alicyclic amines) is 1. The molecule has 3 nitrogen and oxygen atoms in total. The predicted molar refractivity (Wildman–Crippen MR) is 132 cm³/mol. The van der Waals surface area contributed by atoms with Gasteiger partial charge in [0.1, 0.15) is 0 Å². The fourth-order valence-electron chi connectivity index (χ4n) is 9.65. The third-order valence-electron chi connectivity index (χ3n) is 11.4. The minimum Gasteiger partial charge on any atom is -0.390 e. The van der Waals surface area contributed by atoms with Gasteiger partial charge in [-0.1, -0.05) is 37.3 Å². The number of benzene rings is 1. The predicted octanol–water partition coefficient (Wildman–Crippen LogP) is 6.02. The van der Waals surface area contributed by atoms with E-state index in [9.17, 15) is 9.90 Å². The Morgan fingerprint density at radius 1 is 0.939 bits per heavy atom. The summed E-state index contributed by atoms with van der Waals surface area (Å²) in [6, 6.07) is 10.7. The van der Waals surface area contributed by atoms with Crippen LogP contribution in [0.25, 0.3) is 0 Å². The van der Waals surface area contributed by atoms with Crippen molar-refractivity contribution in [2.24, 2.45) is 40.9 Å². The summed E-state index contributed by atoms with van der Waals surface area (Å²) in [5.74, 6) is 5.68. The highest BCUT2D eigenvalue weighted by Crippen LogP contribution is 2.64. The number of rotatable bonds is 3. The molecule has 3 heteroatoms. The zero-order chi connectivity index (χ0) is 22.8. The van der Waals surface area contributed by atoms with E-state index in [2.05, 4.69) is 49.1 Å². The zero-order valence-electron chi connectivity index (χ0n) is 20.7. The van der Waals surface area contributed by atoms with Crippen LogP contribution >= 0.6 is 0 Å². The van der Waals surface area contributed by atoms with Gasteiger partial charge in [-0.15, -0.1) is 0 Å². The lowest BCUT2D eigenvalue weighted by Crippen LogP contribution is -2.51. The van der Waals surface area contributed by atoms with Gasteiger partial charge in [-0.05, 0) is 111 Å². The van der Waals surface area contributed by atoms with E-state index in [1.54, 1.807) is 0 Å². The first-order chi connectivity index (χ1) is 15.8. The van der Waals surface area contributed by atoms with Crippen LogP contribution in [0.4, 0.5) is 0 Å². The van der Waals surface area contributed by atoms with Gasteiger partial charge in [0.05, 0.1) is 5.60 Å². The summed E-state index contributed by atoms with van der Waals surface area (Å²) in [5.41, 5.74) is 1.32. The zero-order valence-corrected chi connectivity index (χ0v) is 20.7. The molecule has 1 aromatic carbocycles. The molecule has 1 heterocycles. The molecule has 0 aromatic heterocycles. The first-order valence-corrected chi connectivity index (χ1v) is 13.9. The van der Waals surface area contributed by atoms with E-state index < -0.39 is 5.60 Å². The summed E-state index contributed by atoms with van der Waals surface area (Å²) in [6.45, 7) is 6.56. The maximum absolute atomic E-state index is 13.0. The average Bonchev–Trinajstić information content (AvgIpc) is 3.33. The number of carbonyl (C=O) groups is 1. The van der Waals surface area contributed by atoms with Crippen molar-refractivity contribution in [3.63, 3.8) is 0 Å². The van der Waals surface area contributed by atoms with Crippen LogP contribution in [0, 0.1) is 40.9 Å². The number of hydrogen-bond donors (Lipinski definition) is 1. The molecule has 1 aromatic rings. The van der Waals surface area contributed by atoms with Crippen LogP contribution in [0.1, 0.15) is 89.5 Å². The molecule has 0 radical (unpaired) electrons. The van der Waals surface area contributed by atoms with Gasteiger partial charge in [0.25, 0.3) is 0 Å². The SMILES string of the molecule is C[C@@]1(O)CC[C@H]2[C@H](CC[C@@H]3[C@@H]2CC[C@]2(C)[C@@H](CN4C[C@H](c5ccccc5)CC4=O)CC[C@@H]32)C1. The summed E-state index contributed by atoms with van der Waals surface area (Å²) in [5, 5.41) is 10.7. The Labute approximate surface area is 200 Å². The number of amides is 1. The molecular formula is C30H43NO2. The first-order valence-electron chi connectivity index (χ1n) is 13.9. The van der Waals surface area contributed by atoms with Gasteiger partial charge in [0.15, 0.2) is 0 Å². The molecule has 4 saturated carbocycles. The molecule has 5 fully saturated rings. The minimum absolute atomic E-state index is 0.373. The third-order valence-corrected chi connectivity index (χ3v) is 11.4. The minimum atomic E-state index is -0.421. The van der Waals surface area contributed by atoms with Crippen molar-refractivity contribution in [2.75, 3.05) is 13.1 Å². The van der Waals surface area contributed by atoms with Crippen molar-refractivity contribution in [2.45, 2.75) is 89.6 Å². The van der Waals surface area contributed by atoms with E-state index >= 15 is 0 Å². The van der Waals surface area contributed by atoms with E-state index in [1.807, 2.05) is 0 Å². The van der Waals surface area contributed by atoms with Gasteiger partial charge in [0, 0.05) is 25.4 Å². The van der Waals surface area contributed by atoms with E-state index in [0.717, 1.165) is 55.5 Å². The van der Waals surface area contributed by atoms with Gasteiger partial charge in [-0.25, -0.2) is 0 Å². The number of aliphatic hydroxyl groups is 1. The fraction of sp³-hybridized carbons (Fsp3) is 0.767. The van der Waals surface area contributed by atoms with Crippen LogP contribution in [0.5, 0.6) is 0 Å². The van der Waals surface area contributed by atoms with Crippen molar-refractivity contribution >= 4 is 5.91 Å².